The van der Waals surface area contributed by atoms with Crippen LogP contribution in [0.1, 0.15) is 18.5 Å². The number of amides is 1. The first-order valence-corrected chi connectivity index (χ1v) is 8.87. The molecule has 1 aromatic carbocycles. The molecule has 3 heterocycles. The van der Waals surface area contributed by atoms with Crippen molar-refractivity contribution in [2.75, 3.05) is 27.2 Å². The summed E-state index contributed by atoms with van der Waals surface area (Å²) in [5, 5.41) is 2.89. The number of hydrogen-bond acceptors (Lipinski definition) is 6. The number of likely N-dealkylation sites (tertiary alicyclic amines) is 1. The number of oxazole rings is 1. The molecule has 0 atom stereocenters. The van der Waals surface area contributed by atoms with Gasteiger partial charge in [0.25, 0.3) is 5.91 Å². The van der Waals surface area contributed by atoms with Gasteiger partial charge in [0.2, 0.25) is 11.9 Å². The quantitative estimate of drug-likeness (QED) is 0.910. The Morgan fingerprint density at radius 3 is 2.62 bits per heavy atom. The van der Waals surface area contributed by atoms with Crippen LogP contribution in [0, 0.1) is 0 Å². The number of carbonyl (C=O) groups excluding carboxylic acids is 1. The van der Waals surface area contributed by atoms with Crippen LogP contribution in [0.5, 0.6) is 0 Å². The van der Waals surface area contributed by atoms with E-state index in [1.165, 1.54) is 0 Å². The third-order valence-electron chi connectivity index (χ3n) is 5.03. The normalized spacial score (nSPS) is 19.5. The molecule has 0 aliphatic carbocycles. The zero-order valence-electron chi connectivity index (χ0n) is 15.1. The molecule has 1 fully saturated rings. The fraction of sp³-hybridized carbons (Fsp3) is 0.421. The number of hydrogen-bond donors (Lipinski definition) is 1. The third-order valence-corrected chi connectivity index (χ3v) is 5.03. The molecule has 1 spiro atoms. The molecule has 0 saturated carbocycles. The lowest BCUT2D eigenvalue weighted by Crippen LogP contribution is -2.49. The molecule has 1 amide bonds. The maximum Gasteiger partial charge on any atom is 0.254 e. The van der Waals surface area contributed by atoms with E-state index >= 15 is 0 Å². The second-order valence-electron chi connectivity index (χ2n) is 7.10. The van der Waals surface area contributed by atoms with Crippen molar-refractivity contribution in [2.45, 2.75) is 24.9 Å². The van der Waals surface area contributed by atoms with Gasteiger partial charge in [-0.15, -0.1) is 0 Å². The van der Waals surface area contributed by atoms with Crippen molar-refractivity contribution in [2.24, 2.45) is 4.99 Å². The Balaban J connectivity index is 1.39. The van der Waals surface area contributed by atoms with Crippen molar-refractivity contribution in [3.05, 3.63) is 42.3 Å². The number of aliphatic imine (C=N–C) groups is 1. The average molecular weight is 353 g/mol. The summed E-state index contributed by atoms with van der Waals surface area (Å²) in [4.78, 5) is 25.8. The molecule has 4 rings (SSSR count). The third kappa shape index (κ3) is 3.10. The minimum absolute atomic E-state index is 0.0219. The van der Waals surface area contributed by atoms with Gasteiger partial charge in [0.15, 0.2) is 0 Å². The minimum atomic E-state index is -0.602. The van der Waals surface area contributed by atoms with E-state index in [9.17, 15) is 4.79 Å². The van der Waals surface area contributed by atoms with E-state index in [0.717, 1.165) is 43.7 Å². The number of nitrogens with zero attached hydrogens (tertiary/aromatic N) is 4. The van der Waals surface area contributed by atoms with Gasteiger partial charge >= 0.3 is 0 Å². The molecule has 0 radical (unpaired) electrons. The fourth-order valence-electron chi connectivity index (χ4n) is 3.45. The van der Waals surface area contributed by atoms with E-state index in [0.29, 0.717) is 11.9 Å². The summed E-state index contributed by atoms with van der Waals surface area (Å²) in [6.45, 7) is 2.34. The number of carbonyl (C=O) groups is 1. The smallest absolute Gasteiger partial charge is 0.254 e. The summed E-state index contributed by atoms with van der Waals surface area (Å²) in [5.41, 5.74) is 1.28. The molecule has 26 heavy (non-hydrogen) atoms. The number of piperidine rings is 1. The Bertz CT molecular complexity index is 819. The van der Waals surface area contributed by atoms with E-state index < -0.39 is 5.54 Å². The lowest BCUT2D eigenvalue weighted by Gasteiger charge is -2.34. The summed E-state index contributed by atoms with van der Waals surface area (Å²) in [5.74, 6) is 1.32. The largest absolute Gasteiger partial charge is 0.444 e. The lowest BCUT2D eigenvalue weighted by molar-refractivity contribution is -0.125. The second-order valence-corrected chi connectivity index (χ2v) is 7.10. The van der Waals surface area contributed by atoms with Crippen LogP contribution in [0.15, 0.2) is 46.0 Å². The molecule has 7 nitrogen and oxygen atoms in total. The van der Waals surface area contributed by atoms with Crippen LogP contribution in [0.4, 0.5) is 0 Å². The fourth-order valence-corrected chi connectivity index (χ4v) is 3.45. The number of benzene rings is 1. The van der Waals surface area contributed by atoms with Gasteiger partial charge in [-0.2, -0.15) is 0 Å². The molecule has 2 aromatic rings. The summed E-state index contributed by atoms with van der Waals surface area (Å²) >= 11 is 0. The van der Waals surface area contributed by atoms with Crippen LogP contribution < -0.4 is 5.32 Å². The Labute approximate surface area is 152 Å². The Hall–Kier alpha value is -2.67. The van der Waals surface area contributed by atoms with Crippen LogP contribution in [0.25, 0.3) is 11.5 Å². The molecular formula is C19H23N5O2. The summed E-state index contributed by atoms with van der Waals surface area (Å²) in [6, 6.07) is 9.88. The molecule has 7 heteroatoms. The second kappa shape index (κ2) is 6.57. The van der Waals surface area contributed by atoms with Crippen molar-refractivity contribution >= 4 is 11.9 Å². The average Bonchev–Trinajstić information content (AvgIpc) is 3.24. The van der Waals surface area contributed by atoms with Crippen molar-refractivity contribution < 1.29 is 9.21 Å². The van der Waals surface area contributed by atoms with Crippen molar-refractivity contribution in [1.82, 2.24) is 20.1 Å². The zero-order chi connectivity index (χ0) is 18.1. The van der Waals surface area contributed by atoms with Gasteiger partial charge in [0.1, 0.15) is 11.8 Å². The minimum Gasteiger partial charge on any atom is -0.444 e. The highest BCUT2D eigenvalue weighted by Gasteiger charge is 2.46. The highest BCUT2D eigenvalue weighted by Crippen LogP contribution is 2.31. The Morgan fingerprint density at radius 1 is 1.23 bits per heavy atom. The predicted octanol–water partition coefficient (Wildman–Crippen LogP) is 1.72. The summed E-state index contributed by atoms with van der Waals surface area (Å²) < 4.78 is 5.61. The van der Waals surface area contributed by atoms with Crippen molar-refractivity contribution in [1.29, 1.82) is 0 Å². The molecule has 0 unspecified atom stereocenters. The number of nitrogens with one attached hydrogen (secondary N) is 1. The SMILES string of the molecule is CN(C)C1=NC2(CCN(Cc3coc(-c4ccccc4)n3)CC2)C(=O)N1. The maximum atomic E-state index is 12.4. The van der Waals surface area contributed by atoms with Crippen molar-refractivity contribution in [3.63, 3.8) is 0 Å². The van der Waals surface area contributed by atoms with Crippen LogP contribution in [-0.4, -0.2) is 59.4 Å². The first-order chi connectivity index (χ1) is 12.6. The number of rotatable bonds is 3. The standard InChI is InChI=1S/C19H23N5O2/c1-23(2)18-21-17(25)19(22-18)8-10-24(11-9-19)12-15-13-26-16(20-15)14-6-4-3-5-7-14/h3-7,13H,8-12H2,1-2H3,(H,21,22,25). The molecule has 2 aliphatic rings. The van der Waals surface area contributed by atoms with Gasteiger partial charge in [-0.1, -0.05) is 18.2 Å². The Kier molecular flexibility index (Phi) is 4.24. The molecule has 1 aromatic heterocycles. The molecule has 2 aliphatic heterocycles. The van der Waals surface area contributed by atoms with Gasteiger partial charge in [-0.3, -0.25) is 15.0 Å². The van der Waals surface area contributed by atoms with Crippen LogP contribution >= 0.6 is 0 Å². The van der Waals surface area contributed by atoms with Crippen molar-refractivity contribution in [3.8, 4) is 11.5 Å². The number of aromatic nitrogens is 1. The van der Waals surface area contributed by atoms with Crippen LogP contribution in [0.3, 0.4) is 0 Å². The highest BCUT2D eigenvalue weighted by molar-refractivity contribution is 6.07. The zero-order valence-corrected chi connectivity index (χ0v) is 15.1. The summed E-state index contributed by atoms with van der Waals surface area (Å²) in [7, 11) is 3.78. The first kappa shape index (κ1) is 16.8. The molecule has 136 valence electrons. The predicted molar refractivity (Wildman–Crippen MR) is 98.4 cm³/mol. The van der Waals surface area contributed by atoms with E-state index in [1.807, 2.05) is 49.3 Å². The highest BCUT2D eigenvalue weighted by atomic mass is 16.3. The van der Waals surface area contributed by atoms with Gasteiger partial charge in [-0.25, -0.2) is 9.98 Å². The first-order valence-electron chi connectivity index (χ1n) is 8.87. The maximum absolute atomic E-state index is 12.4. The van der Waals surface area contributed by atoms with E-state index in [-0.39, 0.29) is 5.91 Å². The monoisotopic (exact) mass is 353 g/mol. The van der Waals surface area contributed by atoms with E-state index in [1.54, 1.807) is 6.26 Å². The van der Waals surface area contributed by atoms with E-state index in [4.69, 9.17) is 4.42 Å². The lowest BCUT2D eigenvalue weighted by atomic mass is 9.88. The molecule has 1 saturated heterocycles. The van der Waals surface area contributed by atoms with Gasteiger partial charge in [0, 0.05) is 39.3 Å². The van der Waals surface area contributed by atoms with Crippen LogP contribution in [0.2, 0.25) is 0 Å². The van der Waals surface area contributed by atoms with Gasteiger partial charge in [0.05, 0.1) is 5.69 Å². The van der Waals surface area contributed by atoms with Gasteiger partial charge in [-0.05, 0) is 25.0 Å². The summed E-state index contributed by atoms with van der Waals surface area (Å²) in [6.07, 6.45) is 3.16. The topological polar surface area (TPSA) is 74.0 Å². The van der Waals surface area contributed by atoms with Gasteiger partial charge < -0.3 is 9.32 Å². The number of guanidine groups is 1. The van der Waals surface area contributed by atoms with Crippen LogP contribution in [-0.2, 0) is 11.3 Å². The molecule has 0 bridgehead atoms. The Morgan fingerprint density at radius 2 is 1.96 bits per heavy atom. The molecule has 1 N–H and O–H groups in total. The molecular weight excluding hydrogens is 330 g/mol. The van der Waals surface area contributed by atoms with E-state index in [2.05, 4.69) is 20.2 Å².